The maximum atomic E-state index is 12.5. The number of carbonyl (C=O) groups is 4. The van der Waals surface area contributed by atoms with E-state index >= 15 is 0 Å². The van der Waals surface area contributed by atoms with Gasteiger partial charge in [0, 0.05) is 17.3 Å². The van der Waals surface area contributed by atoms with E-state index in [9.17, 15) is 19.2 Å². The summed E-state index contributed by atoms with van der Waals surface area (Å²) < 4.78 is 4.63. The topological polar surface area (TPSA) is 92.8 Å². The number of hydrogen-bond acceptors (Lipinski definition) is 5. The van der Waals surface area contributed by atoms with Crippen molar-refractivity contribution < 1.29 is 23.9 Å². The first-order valence-electron chi connectivity index (χ1n) is 8.51. The highest BCUT2D eigenvalue weighted by molar-refractivity contribution is 6.22. The van der Waals surface area contributed by atoms with E-state index in [0.717, 1.165) is 12.8 Å². The molecule has 2 aromatic rings. The van der Waals surface area contributed by atoms with E-state index in [-0.39, 0.29) is 29.0 Å². The number of anilines is 1. The number of amides is 3. The number of imide groups is 1. The molecule has 1 aliphatic heterocycles. The lowest BCUT2D eigenvalue weighted by Crippen LogP contribution is -2.31. The van der Waals surface area contributed by atoms with Gasteiger partial charge in [-0.15, -0.1) is 0 Å². The summed E-state index contributed by atoms with van der Waals surface area (Å²) in [5.41, 5.74) is 1.75. The van der Waals surface area contributed by atoms with Crippen LogP contribution in [0.15, 0.2) is 42.5 Å². The summed E-state index contributed by atoms with van der Waals surface area (Å²) in [7, 11) is 1.29. The van der Waals surface area contributed by atoms with Crippen LogP contribution in [0.4, 0.5) is 5.69 Å². The zero-order chi connectivity index (χ0) is 19.1. The van der Waals surface area contributed by atoms with Crippen LogP contribution >= 0.6 is 0 Å². The molecule has 2 aromatic carbocycles. The molecule has 1 saturated carbocycles. The van der Waals surface area contributed by atoms with Crippen LogP contribution < -0.4 is 5.32 Å². The van der Waals surface area contributed by atoms with E-state index in [1.165, 1.54) is 30.2 Å². The number of methoxy groups -OCH3 is 1. The fourth-order valence-corrected chi connectivity index (χ4v) is 3.08. The largest absolute Gasteiger partial charge is 0.465 e. The zero-order valence-corrected chi connectivity index (χ0v) is 14.5. The highest BCUT2D eigenvalue weighted by atomic mass is 16.5. The fourth-order valence-electron chi connectivity index (χ4n) is 3.08. The summed E-state index contributed by atoms with van der Waals surface area (Å²) in [6, 6.07) is 10.7. The van der Waals surface area contributed by atoms with Gasteiger partial charge in [-0.25, -0.2) is 4.79 Å². The number of carbonyl (C=O) groups excluding carboxylic acids is 4. The van der Waals surface area contributed by atoms with Crippen LogP contribution in [0.1, 0.15) is 54.3 Å². The number of fused-ring (bicyclic) bond motifs is 1. The third-order valence-corrected chi connectivity index (χ3v) is 4.66. The van der Waals surface area contributed by atoms with Crippen molar-refractivity contribution in [3.05, 3.63) is 64.7 Å². The fraction of sp³-hybridized carbons (Fsp3) is 0.200. The SMILES string of the molecule is COC(=O)c1ccc(NC(=O)c2ccc3c(c2)C(=O)N(C2CC2)C3=O)cc1. The molecule has 2 aliphatic rings. The number of nitrogens with one attached hydrogen (secondary N) is 1. The van der Waals surface area contributed by atoms with E-state index in [1.807, 2.05) is 0 Å². The van der Waals surface area contributed by atoms with Crippen molar-refractivity contribution >= 4 is 29.4 Å². The molecule has 0 unspecified atom stereocenters. The summed E-state index contributed by atoms with van der Waals surface area (Å²) in [5, 5.41) is 2.71. The summed E-state index contributed by atoms with van der Waals surface area (Å²) >= 11 is 0. The van der Waals surface area contributed by atoms with Gasteiger partial charge in [0.25, 0.3) is 17.7 Å². The van der Waals surface area contributed by atoms with E-state index in [0.29, 0.717) is 16.8 Å². The van der Waals surface area contributed by atoms with Gasteiger partial charge in [-0.3, -0.25) is 19.3 Å². The minimum absolute atomic E-state index is 0.0111. The first-order chi connectivity index (χ1) is 13.0. The van der Waals surface area contributed by atoms with Crippen LogP contribution in [0.25, 0.3) is 0 Å². The molecule has 0 spiro atoms. The number of hydrogen-bond donors (Lipinski definition) is 1. The average Bonchev–Trinajstić information content (AvgIpc) is 3.48. The molecule has 136 valence electrons. The van der Waals surface area contributed by atoms with Gasteiger partial charge in [-0.2, -0.15) is 0 Å². The van der Waals surface area contributed by atoms with E-state index < -0.39 is 11.9 Å². The van der Waals surface area contributed by atoms with Gasteiger partial charge < -0.3 is 10.1 Å². The van der Waals surface area contributed by atoms with Crippen molar-refractivity contribution in [3.8, 4) is 0 Å². The predicted molar refractivity (Wildman–Crippen MR) is 95.7 cm³/mol. The first kappa shape index (κ1) is 17.0. The Hall–Kier alpha value is -3.48. The highest BCUT2D eigenvalue weighted by Gasteiger charge is 2.44. The molecular weight excluding hydrogens is 348 g/mol. The monoisotopic (exact) mass is 364 g/mol. The van der Waals surface area contributed by atoms with Crippen molar-refractivity contribution in [1.29, 1.82) is 0 Å². The van der Waals surface area contributed by atoms with Crippen LogP contribution in [-0.4, -0.2) is 41.7 Å². The molecule has 3 amide bonds. The number of nitrogens with zero attached hydrogens (tertiary/aromatic N) is 1. The van der Waals surface area contributed by atoms with Crippen LogP contribution in [0.3, 0.4) is 0 Å². The van der Waals surface area contributed by atoms with Crippen molar-refractivity contribution in [2.24, 2.45) is 0 Å². The minimum atomic E-state index is -0.463. The molecular formula is C20H16N2O5. The Morgan fingerprint density at radius 3 is 2.22 bits per heavy atom. The maximum absolute atomic E-state index is 12.5. The second-order valence-electron chi connectivity index (χ2n) is 6.49. The van der Waals surface area contributed by atoms with Crippen molar-refractivity contribution in [2.75, 3.05) is 12.4 Å². The lowest BCUT2D eigenvalue weighted by molar-refractivity contribution is 0.0597. The quantitative estimate of drug-likeness (QED) is 0.665. The lowest BCUT2D eigenvalue weighted by atomic mass is 10.1. The highest BCUT2D eigenvalue weighted by Crippen LogP contribution is 2.34. The molecule has 0 radical (unpaired) electrons. The summed E-state index contributed by atoms with van der Waals surface area (Å²) in [4.78, 5) is 50.0. The Morgan fingerprint density at radius 2 is 1.59 bits per heavy atom. The van der Waals surface area contributed by atoms with E-state index in [1.54, 1.807) is 24.3 Å². The Morgan fingerprint density at radius 1 is 0.963 bits per heavy atom. The molecule has 0 saturated heterocycles. The molecule has 1 heterocycles. The maximum Gasteiger partial charge on any atom is 0.337 e. The van der Waals surface area contributed by atoms with Crippen LogP contribution in [0.2, 0.25) is 0 Å². The summed E-state index contributed by atoms with van der Waals surface area (Å²) in [6.45, 7) is 0. The molecule has 1 N–H and O–H groups in total. The summed E-state index contributed by atoms with van der Waals surface area (Å²) in [6.07, 6.45) is 1.67. The zero-order valence-electron chi connectivity index (χ0n) is 14.5. The first-order valence-corrected chi connectivity index (χ1v) is 8.51. The number of ether oxygens (including phenoxy) is 1. The van der Waals surface area contributed by atoms with Gasteiger partial charge in [0.05, 0.1) is 23.8 Å². The standard InChI is InChI=1S/C20H16N2O5/c1-27-20(26)11-2-5-13(6-3-11)21-17(23)12-4-9-15-16(10-12)19(25)22(18(15)24)14-7-8-14/h2-6,9-10,14H,7-8H2,1H3,(H,21,23). The van der Waals surface area contributed by atoms with Gasteiger partial charge >= 0.3 is 5.97 Å². The molecule has 1 aliphatic carbocycles. The van der Waals surface area contributed by atoms with Gasteiger partial charge in [0.15, 0.2) is 0 Å². The Kier molecular flexibility index (Phi) is 3.99. The molecule has 1 fully saturated rings. The second-order valence-corrected chi connectivity index (χ2v) is 6.49. The van der Waals surface area contributed by atoms with Crippen molar-refractivity contribution in [3.63, 3.8) is 0 Å². The normalized spacial score (nSPS) is 15.5. The number of benzene rings is 2. The second kappa shape index (κ2) is 6.35. The van der Waals surface area contributed by atoms with E-state index in [2.05, 4.69) is 10.1 Å². The van der Waals surface area contributed by atoms with Crippen LogP contribution in [0, 0.1) is 0 Å². The Labute approximate surface area is 154 Å². The molecule has 0 atom stereocenters. The lowest BCUT2D eigenvalue weighted by Gasteiger charge is -2.11. The number of esters is 1. The van der Waals surface area contributed by atoms with Crippen molar-refractivity contribution in [1.82, 2.24) is 4.90 Å². The average molecular weight is 364 g/mol. The van der Waals surface area contributed by atoms with Gasteiger partial charge in [-0.1, -0.05) is 0 Å². The third-order valence-electron chi connectivity index (χ3n) is 4.66. The van der Waals surface area contributed by atoms with Crippen LogP contribution in [0.5, 0.6) is 0 Å². The Bertz CT molecular complexity index is 976. The van der Waals surface area contributed by atoms with E-state index in [4.69, 9.17) is 0 Å². The minimum Gasteiger partial charge on any atom is -0.465 e. The number of rotatable bonds is 4. The summed E-state index contributed by atoms with van der Waals surface area (Å²) in [5.74, 6) is -1.50. The van der Waals surface area contributed by atoms with Crippen LogP contribution in [-0.2, 0) is 4.74 Å². The molecule has 0 bridgehead atoms. The molecule has 0 aromatic heterocycles. The van der Waals surface area contributed by atoms with Gasteiger partial charge in [0.2, 0.25) is 0 Å². The molecule has 7 heteroatoms. The van der Waals surface area contributed by atoms with Gasteiger partial charge in [0.1, 0.15) is 0 Å². The van der Waals surface area contributed by atoms with Gasteiger partial charge in [-0.05, 0) is 55.3 Å². The molecule has 27 heavy (non-hydrogen) atoms. The smallest absolute Gasteiger partial charge is 0.337 e. The Balaban J connectivity index is 1.53. The third kappa shape index (κ3) is 2.97. The predicted octanol–water partition coefficient (Wildman–Crippen LogP) is 2.48. The molecule has 7 nitrogen and oxygen atoms in total. The molecule has 4 rings (SSSR count). The van der Waals surface area contributed by atoms with Crippen molar-refractivity contribution in [2.45, 2.75) is 18.9 Å².